The summed E-state index contributed by atoms with van der Waals surface area (Å²) in [6, 6.07) is 7.65. The molecule has 5 nitrogen and oxygen atoms in total. The number of rotatable bonds is 7. The highest BCUT2D eigenvalue weighted by Crippen LogP contribution is 2.36. The summed E-state index contributed by atoms with van der Waals surface area (Å²) >= 11 is 0. The molecule has 0 unspecified atom stereocenters. The van der Waals surface area contributed by atoms with E-state index in [1.807, 2.05) is 30.3 Å². The predicted molar refractivity (Wildman–Crippen MR) is 103 cm³/mol. The summed E-state index contributed by atoms with van der Waals surface area (Å²) in [5.74, 6) is 1.07. The monoisotopic (exact) mass is 373 g/mol. The number of hydrogen-bond donors (Lipinski definition) is 2. The van der Waals surface area contributed by atoms with Gasteiger partial charge in [-0.3, -0.25) is 4.79 Å². The first-order valence-corrected chi connectivity index (χ1v) is 9.82. The fourth-order valence-electron chi connectivity index (χ4n) is 3.10. The van der Waals surface area contributed by atoms with Crippen molar-refractivity contribution < 1.29 is 19.4 Å². The standard InChI is InChI=1S/C22H31NO4/c1-22(2,3)18-10-19(21(25)23-12-15-4-5-15)27-20(11-18)26-14-17-8-6-16(13-24)7-9-17/h6-10,15,18,20,24H,4-5,11-14H2,1-3H3,(H,23,25)/t18-,20+/m0/s1. The van der Waals surface area contributed by atoms with Crippen molar-refractivity contribution in [2.75, 3.05) is 6.54 Å². The summed E-state index contributed by atoms with van der Waals surface area (Å²) in [5, 5.41) is 12.1. The molecule has 2 N–H and O–H groups in total. The van der Waals surface area contributed by atoms with Gasteiger partial charge in [0.1, 0.15) is 0 Å². The van der Waals surface area contributed by atoms with Crippen LogP contribution in [-0.2, 0) is 27.5 Å². The van der Waals surface area contributed by atoms with E-state index in [2.05, 4.69) is 26.1 Å². The quantitative estimate of drug-likeness (QED) is 0.767. The number of benzene rings is 1. The Hall–Kier alpha value is -1.85. The second-order valence-electron chi connectivity index (χ2n) is 8.73. The van der Waals surface area contributed by atoms with Crippen LogP contribution in [0.2, 0.25) is 0 Å². The fourth-order valence-corrected chi connectivity index (χ4v) is 3.10. The number of aliphatic hydroxyl groups is 1. The molecular formula is C22H31NO4. The molecule has 2 atom stereocenters. The summed E-state index contributed by atoms with van der Waals surface area (Å²) in [6.07, 6.45) is 4.63. The zero-order valence-corrected chi connectivity index (χ0v) is 16.5. The van der Waals surface area contributed by atoms with E-state index >= 15 is 0 Å². The zero-order valence-electron chi connectivity index (χ0n) is 16.5. The lowest BCUT2D eigenvalue weighted by Gasteiger charge is -2.36. The van der Waals surface area contributed by atoms with Gasteiger partial charge in [-0.15, -0.1) is 0 Å². The number of carbonyl (C=O) groups is 1. The third-order valence-electron chi connectivity index (χ3n) is 5.28. The maximum Gasteiger partial charge on any atom is 0.286 e. The van der Waals surface area contributed by atoms with E-state index in [1.165, 1.54) is 12.8 Å². The first-order valence-electron chi connectivity index (χ1n) is 9.82. The van der Waals surface area contributed by atoms with E-state index in [4.69, 9.17) is 14.6 Å². The number of carbonyl (C=O) groups excluding carboxylic acids is 1. The molecule has 1 aliphatic carbocycles. The molecule has 27 heavy (non-hydrogen) atoms. The smallest absolute Gasteiger partial charge is 0.286 e. The minimum Gasteiger partial charge on any atom is -0.459 e. The Balaban J connectivity index is 1.62. The van der Waals surface area contributed by atoms with Crippen LogP contribution in [0.25, 0.3) is 0 Å². The van der Waals surface area contributed by atoms with Crippen LogP contribution in [-0.4, -0.2) is 23.8 Å². The Morgan fingerprint density at radius 1 is 1.22 bits per heavy atom. The molecule has 0 saturated heterocycles. The van der Waals surface area contributed by atoms with Crippen LogP contribution in [0.5, 0.6) is 0 Å². The van der Waals surface area contributed by atoms with Crippen molar-refractivity contribution in [2.24, 2.45) is 17.3 Å². The van der Waals surface area contributed by atoms with Gasteiger partial charge in [-0.1, -0.05) is 45.0 Å². The first kappa shape index (κ1) is 19.9. The van der Waals surface area contributed by atoms with Gasteiger partial charge in [0.15, 0.2) is 5.76 Å². The topological polar surface area (TPSA) is 67.8 Å². The van der Waals surface area contributed by atoms with Gasteiger partial charge in [0, 0.05) is 13.0 Å². The van der Waals surface area contributed by atoms with Crippen molar-refractivity contribution in [1.29, 1.82) is 0 Å². The van der Waals surface area contributed by atoms with Crippen molar-refractivity contribution in [3.05, 3.63) is 47.2 Å². The van der Waals surface area contributed by atoms with Gasteiger partial charge in [-0.2, -0.15) is 0 Å². The van der Waals surface area contributed by atoms with Gasteiger partial charge >= 0.3 is 0 Å². The molecule has 1 heterocycles. The van der Waals surface area contributed by atoms with Gasteiger partial charge in [-0.05, 0) is 47.3 Å². The number of amides is 1. The molecule has 5 heteroatoms. The molecule has 148 valence electrons. The largest absolute Gasteiger partial charge is 0.459 e. The molecule has 1 saturated carbocycles. The second kappa shape index (κ2) is 8.44. The molecule has 1 aliphatic heterocycles. The van der Waals surface area contributed by atoms with Crippen LogP contribution < -0.4 is 5.32 Å². The van der Waals surface area contributed by atoms with Crippen LogP contribution in [0, 0.1) is 17.3 Å². The fraction of sp³-hybridized carbons (Fsp3) is 0.591. The maximum absolute atomic E-state index is 12.5. The van der Waals surface area contributed by atoms with Crippen molar-refractivity contribution in [3.63, 3.8) is 0 Å². The van der Waals surface area contributed by atoms with Crippen molar-refractivity contribution in [3.8, 4) is 0 Å². The molecule has 2 aliphatic rings. The van der Waals surface area contributed by atoms with Crippen LogP contribution in [0.4, 0.5) is 0 Å². The van der Waals surface area contributed by atoms with Crippen molar-refractivity contribution in [2.45, 2.75) is 59.5 Å². The number of hydrogen-bond acceptors (Lipinski definition) is 4. The Kier molecular flexibility index (Phi) is 6.22. The summed E-state index contributed by atoms with van der Waals surface area (Å²) < 4.78 is 11.9. The Morgan fingerprint density at radius 2 is 1.89 bits per heavy atom. The number of aliphatic hydroxyl groups excluding tert-OH is 1. The summed E-state index contributed by atoms with van der Waals surface area (Å²) in [4.78, 5) is 12.5. The van der Waals surface area contributed by atoms with E-state index < -0.39 is 6.29 Å². The molecule has 1 fully saturated rings. The molecule has 0 radical (unpaired) electrons. The second-order valence-corrected chi connectivity index (χ2v) is 8.73. The number of nitrogens with one attached hydrogen (secondary N) is 1. The molecule has 1 aromatic carbocycles. The van der Waals surface area contributed by atoms with Crippen molar-refractivity contribution in [1.82, 2.24) is 5.32 Å². The van der Waals surface area contributed by atoms with E-state index in [-0.39, 0.29) is 23.8 Å². The third-order valence-corrected chi connectivity index (χ3v) is 5.28. The minimum absolute atomic E-state index is 0.0240. The molecule has 0 spiro atoms. The van der Waals surface area contributed by atoms with Crippen LogP contribution in [0.15, 0.2) is 36.1 Å². The lowest BCUT2D eigenvalue weighted by Crippen LogP contribution is -2.36. The lowest BCUT2D eigenvalue weighted by molar-refractivity contribution is -0.157. The first-order chi connectivity index (χ1) is 12.8. The van der Waals surface area contributed by atoms with E-state index in [0.29, 0.717) is 18.3 Å². The van der Waals surface area contributed by atoms with Gasteiger partial charge < -0.3 is 19.9 Å². The zero-order chi connectivity index (χ0) is 19.4. The van der Waals surface area contributed by atoms with Gasteiger partial charge in [0.2, 0.25) is 6.29 Å². The molecule has 0 bridgehead atoms. The number of allylic oxidation sites excluding steroid dienone is 1. The molecular weight excluding hydrogens is 342 g/mol. The highest BCUT2D eigenvalue weighted by Gasteiger charge is 2.34. The Bertz CT molecular complexity index is 671. The maximum atomic E-state index is 12.5. The lowest BCUT2D eigenvalue weighted by atomic mass is 9.77. The average molecular weight is 373 g/mol. The molecule has 1 aromatic rings. The van der Waals surface area contributed by atoms with Gasteiger partial charge in [0.25, 0.3) is 5.91 Å². The van der Waals surface area contributed by atoms with Crippen LogP contribution in [0.1, 0.15) is 51.2 Å². The third kappa shape index (κ3) is 5.81. The Morgan fingerprint density at radius 3 is 2.48 bits per heavy atom. The molecule has 0 aromatic heterocycles. The summed E-state index contributed by atoms with van der Waals surface area (Å²) in [6.45, 7) is 7.68. The minimum atomic E-state index is -0.446. The molecule has 1 amide bonds. The molecule has 3 rings (SSSR count). The highest BCUT2D eigenvalue weighted by atomic mass is 16.7. The summed E-state index contributed by atoms with van der Waals surface area (Å²) in [7, 11) is 0. The highest BCUT2D eigenvalue weighted by molar-refractivity contribution is 5.91. The van der Waals surface area contributed by atoms with E-state index in [9.17, 15) is 4.79 Å². The number of ether oxygens (including phenoxy) is 2. The van der Waals surface area contributed by atoms with Crippen LogP contribution in [0.3, 0.4) is 0 Å². The summed E-state index contributed by atoms with van der Waals surface area (Å²) in [5.41, 5.74) is 1.91. The van der Waals surface area contributed by atoms with Crippen LogP contribution >= 0.6 is 0 Å². The SMILES string of the molecule is CC(C)(C)[C@H]1C=C(C(=O)NCC2CC2)O[C@@H](OCc2ccc(CO)cc2)C1. The average Bonchev–Trinajstić information content (AvgIpc) is 3.48. The van der Waals surface area contributed by atoms with Gasteiger partial charge in [-0.25, -0.2) is 0 Å². The Labute approximate surface area is 161 Å². The van der Waals surface area contributed by atoms with Gasteiger partial charge in [0.05, 0.1) is 13.2 Å². The predicted octanol–water partition coefficient (Wildman–Crippen LogP) is 3.51. The van der Waals surface area contributed by atoms with E-state index in [1.54, 1.807) is 0 Å². The normalized spacial score (nSPS) is 22.7. The van der Waals surface area contributed by atoms with E-state index in [0.717, 1.165) is 24.1 Å². The van der Waals surface area contributed by atoms with Crippen molar-refractivity contribution >= 4 is 5.91 Å².